The first-order chi connectivity index (χ1) is 9.74. The monoisotopic (exact) mass is 290 g/mol. The van der Waals surface area contributed by atoms with Crippen molar-refractivity contribution in [3.05, 3.63) is 35.4 Å². The highest BCUT2D eigenvalue weighted by Gasteiger charge is 2.27. The molecular weight excluding hydrogens is 272 g/mol. The molecule has 0 radical (unpaired) electrons. The summed E-state index contributed by atoms with van der Waals surface area (Å²) in [7, 11) is 0. The molecule has 0 spiro atoms. The molecule has 0 aliphatic carbocycles. The maximum Gasteiger partial charge on any atom is 0.232 e. The molecule has 1 heterocycles. The number of hydrogen-bond donors (Lipinski definition) is 1. The van der Waals surface area contributed by atoms with Gasteiger partial charge in [-0.3, -0.25) is 4.79 Å². The van der Waals surface area contributed by atoms with Crippen molar-refractivity contribution in [3.63, 3.8) is 0 Å². The van der Waals surface area contributed by atoms with Gasteiger partial charge in [0.05, 0.1) is 30.0 Å². The van der Waals surface area contributed by atoms with Crippen LogP contribution in [0.3, 0.4) is 0 Å². The van der Waals surface area contributed by atoms with E-state index in [4.69, 9.17) is 5.26 Å². The molecular formula is C15H18N2O2S. The van der Waals surface area contributed by atoms with Gasteiger partial charge in [-0.15, -0.1) is 11.8 Å². The van der Waals surface area contributed by atoms with Gasteiger partial charge in [-0.1, -0.05) is 12.1 Å². The van der Waals surface area contributed by atoms with Crippen molar-refractivity contribution in [1.82, 2.24) is 4.90 Å². The lowest BCUT2D eigenvalue weighted by Crippen LogP contribution is -2.38. The summed E-state index contributed by atoms with van der Waals surface area (Å²) >= 11 is 1.57. The maximum atomic E-state index is 12.1. The Morgan fingerprint density at radius 1 is 1.45 bits per heavy atom. The Labute approximate surface area is 123 Å². The van der Waals surface area contributed by atoms with Crippen molar-refractivity contribution in [2.24, 2.45) is 0 Å². The zero-order valence-corrected chi connectivity index (χ0v) is 12.1. The fraction of sp³-hybridized carbons (Fsp3) is 0.467. The number of nitriles is 1. The molecule has 1 aliphatic heterocycles. The van der Waals surface area contributed by atoms with Crippen LogP contribution < -0.4 is 0 Å². The number of aliphatic hydroxyl groups is 1. The molecule has 1 fully saturated rings. The van der Waals surface area contributed by atoms with Gasteiger partial charge in [0, 0.05) is 12.3 Å². The predicted octanol–water partition coefficient (Wildman–Crippen LogP) is 1.77. The molecule has 2 rings (SSSR count). The number of thioether (sulfide) groups is 1. The van der Waals surface area contributed by atoms with E-state index in [0.717, 1.165) is 30.7 Å². The van der Waals surface area contributed by atoms with E-state index in [9.17, 15) is 9.90 Å². The Balaban J connectivity index is 1.77. The number of carbonyl (C=O) groups excluding carboxylic acids is 1. The van der Waals surface area contributed by atoms with E-state index in [0.29, 0.717) is 11.3 Å². The largest absolute Gasteiger partial charge is 0.394 e. The van der Waals surface area contributed by atoms with Gasteiger partial charge in [0.25, 0.3) is 0 Å². The average Bonchev–Trinajstić information content (AvgIpc) is 2.96. The van der Waals surface area contributed by atoms with Gasteiger partial charge in [-0.05, 0) is 30.5 Å². The van der Waals surface area contributed by atoms with E-state index in [1.165, 1.54) is 0 Å². The zero-order chi connectivity index (χ0) is 14.4. The molecule has 1 aliphatic rings. The van der Waals surface area contributed by atoms with Crippen LogP contribution in [-0.4, -0.2) is 40.9 Å². The fourth-order valence-electron chi connectivity index (χ4n) is 2.37. The van der Waals surface area contributed by atoms with Crippen LogP contribution in [0.25, 0.3) is 0 Å². The first kappa shape index (κ1) is 14.9. The van der Waals surface area contributed by atoms with E-state index in [-0.39, 0.29) is 18.6 Å². The molecule has 5 heteroatoms. The Hall–Kier alpha value is -1.51. The number of amides is 1. The average molecular weight is 290 g/mol. The summed E-state index contributed by atoms with van der Waals surface area (Å²) in [6.45, 7) is 0.827. The second-order valence-electron chi connectivity index (χ2n) is 4.87. The molecule has 0 aromatic heterocycles. The Morgan fingerprint density at radius 3 is 2.85 bits per heavy atom. The quantitative estimate of drug-likeness (QED) is 0.897. The van der Waals surface area contributed by atoms with E-state index >= 15 is 0 Å². The Kier molecular flexibility index (Phi) is 5.45. The summed E-state index contributed by atoms with van der Waals surface area (Å²) < 4.78 is 0. The fourth-order valence-corrected chi connectivity index (χ4v) is 3.24. The molecule has 0 bridgehead atoms. The van der Waals surface area contributed by atoms with Gasteiger partial charge >= 0.3 is 0 Å². The first-order valence-corrected chi connectivity index (χ1v) is 7.87. The number of carbonyl (C=O) groups is 1. The number of benzene rings is 1. The third-order valence-corrected chi connectivity index (χ3v) is 4.47. The van der Waals surface area contributed by atoms with Crippen molar-refractivity contribution in [3.8, 4) is 6.07 Å². The molecule has 1 aromatic carbocycles. The lowest BCUT2D eigenvalue weighted by molar-refractivity contribution is -0.129. The van der Waals surface area contributed by atoms with Crippen LogP contribution in [0.2, 0.25) is 0 Å². The van der Waals surface area contributed by atoms with E-state index in [2.05, 4.69) is 6.07 Å². The number of nitrogens with zero attached hydrogens (tertiary/aromatic N) is 2. The predicted molar refractivity (Wildman–Crippen MR) is 79.1 cm³/mol. The number of aliphatic hydroxyl groups excluding tert-OH is 1. The van der Waals surface area contributed by atoms with E-state index < -0.39 is 0 Å². The van der Waals surface area contributed by atoms with Gasteiger partial charge < -0.3 is 10.0 Å². The highest BCUT2D eigenvalue weighted by atomic mass is 32.2. The van der Waals surface area contributed by atoms with Gasteiger partial charge in [0.2, 0.25) is 5.91 Å². The smallest absolute Gasteiger partial charge is 0.232 e. The zero-order valence-electron chi connectivity index (χ0n) is 11.3. The minimum Gasteiger partial charge on any atom is -0.394 e. The van der Waals surface area contributed by atoms with Crippen LogP contribution in [0.15, 0.2) is 24.3 Å². The van der Waals surface area contributed by atoms with Crippen LogP contribution in [0.4, 0.5) is 0 Å². The normalized spacial score (nSPS) is 18.0. The second kappa shape index (κ2) is 7.32. The van der Waals surface area contributed by atoms with Gasteiger partial charge in [-0.2, -0.15) is 5.26 Å². The summed E-state index contributed by atoms with van der Waals surface area (Å²) in [5.41, 5.74) is 1.76. The van der Waals surface area contributed by atoms with Gasteiger partial charge in [0.1, 0.15) is 0 Å². The third kappa shape index (κ3) is 3.75. The van der Waals surface area contributed by atoms with Crippen molar-refractivity contribution < 1.29 is 9.90 Å². The second-order valence-corrected chi connectivity index (χ2v) is 5.85. The highest BCUT2D eigenvalue weighted by molar-refractivity contribution is 7.99. The molecule has 0 unspecified atom stereocenters. The highest BCUT2D eigenvalue weighted by Crippen LogP contribution is 2.19. The van der Waals surface area contributed by atoms with Gasteiger partial charge in [0.15, 0.2) is 0 Å². The summed E-state index contributed by atoms with van der Waals surface area (Å²) in [5.74, 6) is 1.31. The maximum absolute atomic E-state index is 12.1. The number of likely N-dealkylation sites (tertiary alicyclic amines) is 1. The minimum absolute atomic E-state index is 0.0120. The van der Waals surface area contributed by atoms with Crippen LogP contribution in [0.5, 0.6) is 0 Å². The molecule has 1 N–H and O–H groups in total. The van der Waals surface area contributed by atoms with Crippen molar-refractivity contribution in [1.29, 1.82) is 5.26 Å². The van der Waals surface area contributed by atoms with Gasteiger partial charge in [-0.25, -0.2) is 0 Å². The topological polar surface area (TPSA) is 64.3 Å². The summed E-state index contributed by atoms with van der Waals surface area (Å²) in [5, 5.41) is 17.9. The van der Waals surface area contributed by atoms with Crippen molar-refractivity contribution in [2.45, 2.75) is 24.6 Å². The summed E-state index contributed by atoms with van der Waals surface area (Å²) in [6, 6.07) is 9.52. The third-order valence-electron chi connectivity index (χ3n) is 3.49. The molecule has 0 saturated carbocycles. The minimum atomic E-state index is 0.0120. The molecule has 20 heavy (non-hydrogen) atoms. The summed E-state index contributed by atoms with van der Waals surface area (Å²) in [4.78, 5) is 13.9. The van der Waals surface area contributed by atoms with E-state index in [1.807, 2.05) is 12.1 Å². The summed E-state index contributed by atoms with van der Waals surface area (Å²) in [6.07, 6.45) is 1.89. The molecule has 1 atom stereocenters. The van der Waals surface area contributed by atoms with Crippen LogP contribution >= 0.6 is 11.8 Å². The lowest BCUT2D eigenvalue weighted by atomic mass is 10.2. The number of hydrogen-bond acceptors (Lipinski definition) is 4. The Morgan fingerprint density at radius 2 is 2.20 bits per heavy atom. The molecule has 4 nitrogen and oxygen atoms in total. The molecule has 106 valence electrons. The SMILES string of the molecule is N#Cc1ccc(CSCC(=O)N2CCC[C@@H]2CO)cc1. The van der Waals surface area contributed by atoms with Crippen molar-refractivity contribution >= 4 is 17.7 Å². The number of rotatable bonds is 5. The van der Waals surface area contributed by atoms with Crippen molar-refractivity contribution in [2.75, 3.05) is 18.9 Å². The standard InChI is InChI=1S/C15H18N2O2S/c16-8-12-3-5-13(6-4-12)10-20-11-15(19)17-7-1-2-14(17)9-18/h3-6,14,18H,1-2,7,9-11H2/t14-/m1/s1. The van der Waals surface area contributed by atoms with Crippen LogP contribution in [0, 0.1) is 11.3 Å². The van der Waals surface area contributed by atoms with Crippen LogP contribution in [-0.2, 0) is 10.5 Å². The Bertz CT molecular complexity index is 496. The van der Waals surface area contributed by atoms with E-state index in [1.54, 1.807) is 28.8 Å². The molecule has 1 saturated heterocycles. The first-order valence-electron chi connectivity index (χ1n) is 6.71. The molecule has 1 amide bonds. The lowest BCUT2D eigenvalue weighted by Gasteiger charge is -2.22. The van der Waals surface area contributed by atoms with Crippen LogP contribution in [0.1, 0.15) is 24.0 Å². The molecule has 1 aromatic rings.